The van der Waals surface area contributed by atoms with Crippen LogP contribution in [0, 0.1) is 6.92 Å². The number of nitrogens with one attached hydrogen (secondary N) is 1. The lowest BCUT2D eigenvalue weighted by Crippen LogP contribution is -2.23. The Balaban J connectivity index is 2.17. The second-order valence-corrected chi connectivity index (χ2v) is 7.84. The molecule has 3 N–H and O–H groups in total. The van der Waals surface area contributed by atoms with Crippen LogP contribution in [0.25, 0.3) is 0 Å². The lowest BCUT2D eigenvalue weighted by atomic mass is 10.2. The van der Waals surface area contributed by atoms with E-state index >= 15 is 0 Å². The predicted octanol–water partition coefficient (Wildman–Crippen LogP) is 2.65. The van der Waals surface area contributed by atoms with Gasteiger partial charge in [0.25, 0.3) is 0 Å². The van der Waals surface area contributed by atoms with Crippen molar-refractivity contribution in [3.63, 3.8) is 0 Å². The second kappa shape index (κ2) is 6.24. The van der Waals surface area contributed by atoms with E-state index < -0.39 is 10.0 Å². The Morgan fingerprint density at radius 3 is 2.65 bits per heavy atom. The smallest absolute Gasteiger partial charge is 0.240 e. The van der Waals surface area contributed by atoms with Gasteiger partial charge in [0.15, 0.2) is 0 Å². The Labute approximate surface area is 127 Å². The molecular formula is C13H15ClN2O2S2. The van der Waals surface area contributed by atoms with E-state index in [4.69, 9.17) is 17.3 Å². The third kappa shape index (κ3) is 3.59. The summed E-state index contributed by atoms with van der Waals surface area (Å²) < 4.78 is 27.0. The van der Waals surface area contributed by atoms with Crippen LogP contribution in [0.5, 0.6) is 0 Å². The van der Waals surface area contributed by atoms with Crippen molar-refractivity contribution in [3.05, 3.63) is 50.7 Å². The fraction of sp³-hybridized carbons (Fsp3) is 0.231. The van der Waals surface area contributed by atoms with Crippen molar-refractivity contribution in [1.82, 2.24) is 4.72 Å². The molecule has 108 valence electrons. The fourth-order valence-electron chi connectivity index (χ4n) is 1.70. The molecule has 0 amide bonds. The predicted molar refractivity (Wildman–Crippen MR) is 82.4 cm³/mol. The molecule has 0 aliphatic heterocycles. The summed E-state index contributed by atoms with van der Waals surface area (Å²) >= 11 is 7.49. The van der Waals surface area contributed by atoms with Gasteiger partial charge >= 0.3 is 0 Å². The van der Waals surface area contributed by atoms with Gasteiger partial charge in [-0.1, -0.05) is 11.6 Å². The molecule has 0 bridgehead atoms. The summed E-state index contributed by atoms with van der Waals surface area (Å²) in [4.78, 5) is 2.30. The van der Waals surface area contributed by atoms with Crippen molar-refractivity contribution < 1.29 is 8.42 Å². The molecule has 0 aliphatic carbocycles. The topological polar surface area (TPSA) is 72.2 Å². The maximum atomic E-state index is 12.2. The molecule has 2 aromatic rings. The van der Waals surface area contributed by atoms with Crippen LogP contribution in [0.2, 0.25) is 5.02 Å². The molecule has 20 heavy (non-hydrogen) atoms. The lowest BCUT2D eigenvalue weighted by Gasteiger charge is -2.08. The number of thiophene rings is 1. The summed E-state index contributed by atoms with van der Waals surface area (Å²) in [5.41, 5.74) is 6.15. The van der Waals surface area contributed by atoms with Gasteiger partial charge in [-0.3, -0.25) is 0 Å². The minimum atomic E-state index is -3.56. The number of rotatable bonds is 5. The number of hydrogen-bond acceptors (Lipinski definition) is 4. The maximum absolute atomic E-state index is 12.2. The van der Waals surface area contributed by atoms with Crippen LogP contribution < -0.4 is 10.5 Å². The van der Waals surface area contributed by atoms with Crippen molar-refractivity contribution in [2.45, 2.75) is 24.9 Å². The normalized spacial score (nSPS) is 11.8. The summed E-state index contributed by atoms with van der Waals surface area (Å²) in [5.74, 6) is 0. The maximum Gasteiger partial charge on any atom is 0.240 e. The Kier molecular flexibility index (Phi) is 4.82. The fourth-order valence-corrected chi connectivity index (χ4v) is 3.88. The number of benzene rings is 1. The highest BCUT2D eigenvalue weighted by Crippen LogP contribution is 2.21. The van der Waals surface area contributed by atoms with Gasteiger partial charge < -0.3 is 5.73 Å². The van der Waals surface area contributed by atoms with Gasteiger partial charge in [-0.05, 0) is 42.8 Å². The molecule has 0 unspecified atom stereocenters. The molecule has 0 saturated carbocycles. The van der Waals surface area contributed by atoms with E-state index in [1.807, 2.05) is 19.1 Å². The van der Waals surface area contributed by atoms with Crippen LogP contribution in [-0.4, -0.2) is 8.42 Å². The minimum Gasteiger partial charge on any atom is -0.326 e. The Morgan fingerprint density at radius 1 is 1.30 bits per heavy atom. The zero-order valence-corrected chi connectivity index (χ0v) is 13.3. The number of sulfonamides is 1. The van der Waals surface area contributed by atoms with Crippen LogP contribution in [-0.2, 0) is 23.1 Å². The van der Waals surface area contributed by atoms with Crippen LogP contribution in [0.1, 0.15) is 15.3 Å². The largest absolute Gasteiger partial charge is 0.326 e. The summed E-state index contributed by atoms with van der Waals surface area (Å²) in [6, 6.07) is 8.40. The van der Waals surface area contributed by atoms with E-state index in [1.165, 1.54) is 12.1 Å². The van der Waals surface area contributed by atoms with Crippen LogP contribution in [0.4, 0.5) is 0 Å². The van der Waals surface area contributed by atoms with E-state index in [0.29, 0.717) is 10.6 Å². The summed E-state index contributed by atoms with van der Waals surface area (Å²) in [6.07, 6.45) is 0. The average molecular weight is 331 g/mol. The number of hydrogen-bond donors (Lipinski definition) is 2. The Morgan fingerprint density at radius 2 is 2.05 bits per heavy atom. The van der Waals surface area contributed by atoms with Gasteiger partial charge in [-0.2, -0.15) is 0 Å². The van der Waals surface area contributed by atoms with E-state index in [1.54, 1.807) is 17.4 Å². The molecule has 1 aromatic carbocycles. The third-order valence-electron chi connectivity index (χ3n) is 2.78. The molecule has 1 aromatic heterocycles. The van der Waals surface area contributed by atoms with E-state index in [2.05, 4.69) is 4.72 Å². The number of halogens is 1. The van der Waals surface area contributed by atoms with Gasteiger partial charge in [0.1, 0.15) is 0 Å². The highest BCUT2D eigenvalue weighted by Gasteiger charge is 2.15. The first-order chi connectivity index (χ1) is 9.42. The average Bonchev–Trinajstić information content (AvgIpc) is 2.83. The monoisotopic (exact) mass is 330 g/mol. The molecule has 0 atom stereocenters. The van der Waals surface area contributed by atoms with E-state index in [0.717, 1.165) is 9.75 Å². The molecular weight excluding hydrogens is 316 g/mol. The minimum absolute atomic E-state index is 0.177. The molecule has 0 spiro atoms. The van der Waals surface area contributed by atoms with Crippen molar-refractivity contribution in [2.75, 3.05) is 0 Å². The molecule has 0 aliphatic rings. The molecule has 2 rings (SSSR count). The van der Waals surface area contributed by atoms with Gasteiger partial charge in [-0.25, -0.2) is 13.1 Å². The van der Waals surface area contributed by atoms with Crippen molar-refractivity contribution in [3.8, 4) is 0 Å². The molecule has 7 heteroatoms. The Bertz CT molecular complexity index is 711. The standard InChI is InChI=1S/C13H15ClN2O2S2/c1-9-2-3-11(19-9)8-16-20(17,18)12-4-5-13(14)10(6-12)7-15/h2-6,16H,7-8,15H2,1H3. The summed E-state index contributed by atoms with van der Waals surface area (Å²) in [7, 11) is -3.56. The van der Waals surface area contributed by atoms with Crippen molar-refractivity contribution >= 4 is 33.0 Å². The first-order valence-corrected chi connectivity index (χ1v) is 8.63. The van der Waals surface area contributed by atoms with Gasteiger partial charge in [0, 0.05) is 27.9 Å². The van der Waals surface area contributed by atoms with Gasteiger partial charge in [0.05, 0.1) is 4.90 Å². The van der Waals surface area contributed by atoms with E-state index in [-0.39, 0.29) is 18.0 Å². The quantitative estimate of drug-likeness (QED) is 0.885. The molecule has 1 heterocycles. The molecule has 0 fully saturated rings. The SMILES string of the molecule is Cc1ccc(CNS(=O)(=O)c2ccc(Cl)c(CN)c2)s1. The first kappa shape index (κ1) is 15.5. The second-order valence-electron chi connectivity index (χ2n) is 4.29. The van der Waals surface area contributed by atoms with Crippen LogP contribution in [0.3, 0.4) is 0 Å². The first-order valence-electron chi connectivity index (χ1n) is 5.96. The zero-order valence-electron chi connectivity index (χ0n) is 10.9. The molecule has 0 saturated heterocycles. The summed E-state index contributed by atoms with van der Waals surface area (Å²) in [5, 5.41) is 0.473. The van der Waals surface area contributed by atoms with Gasteiger partial charge in [-0.15, -0.1) is 11.3 Å². The van der Waals surface area contributed by atoms with Crippen molar-refractivity contribution in [1.29, 1.82) is 0 Å². The molecule has 4 nitrogen and oxygen atoms in total. The van der Waals surface area contributed by atoms with Crippen LogP contribution in [0.15, 0.2) is 35.2 Å². The third-order valence-corrected chi connectivity index (χ3v) is 5.55. The van der Waals surface area contributed by atoms with Crippen molar-refractivity contribution in [2.24, 2.45) is 5.73 Å². The van der Waals surface area contributed by atoms with Crippen LogP contribution >= 0.6 is 22.9 Å². The zero-order chi connectivity index (χ0) is 14.8. The Hall–Kier alpha value is -0.920. The van der Waals surface area contributed by atoms with Gasteiger partial charge in [0.2, 0.25) is 10.0 Å². The highest BCUT2D eigenvalue weighted by molar-refractivity contribution is 7.89. The number of aryl methyl sites for hydroxylation is 1. The lowest BCUT2D eigenvalue weighted by molar-refractivity contribution is 0.581. The summed E-state index contributed by atoms with van der Waals surface area (Å²) in [6.45, 7) is 2.46. The highest BCUT2D eigenvalue weighted by atomic mass is 35.5. The molecule has 0 radical (unpaired) electrons. The number of nitrogens with two attached hydrogens (primary N) is 1. The van der Waals surface area contributed by atoms with E-state index in [9.17, 15) is 8.42 Å².